The molecular formula is C12H12F3NO3. The summed E-state index contributed by atoms with van der Waals surface area (Å²) in [5.74, 6) is -1.14. The van der Waals surface area contributed by atoms with Crippen molar-refractivity contribution in [3.05, 3.63) is 45.5 Å². The lowest BCUT2D eigenvalue weighted by Crippen LogP contribution is -2.16. The van der Waals surface area contributed by atoms with E-state index in [1.54, 1.807) is 0 Å². The fraction of sp³-hybridized carbons (Fsp3) is 0.417. The molecule has 1 aromatic rings. The Hall–Kier alpha value is -1.92. The summed E-state index contributed by atoms with van der Waals surface area (Å²) in [6, 6.07) is 4.30. The molecule has 0 aliphatic rings. The van der Waals surface area contributed by atoms with Gasteiger partial charge in [-0.05, 0) is 18.6 Å². The number of hydrogen-bond acceptors (Lipinski definition) is 3. The topological polar surface area (TPSA) is 60.2 Å². The summed E-state index contributed by atoms with van der Waals surface area (Å²) >= 11 is 0. The van der Waals surface area contributed by atoms with Crippen molar-refractivity contribution in [2.45, 2.75) is 25.4 Å². The maximum absolute atomic E-state index is 12.6. The molecule has 0 aliphatic carbocycles. The molecule has 0 aliphatic heterocycles. The Morgan fingerprint density at radius 2 is 2.05 bits per heavy atom. The van der Waals surface area contributed by atoms with Crippen LogP contribution in [-0.4, -0.2) is 17.3 Å². The van der Waals surface area contributed by atoms with Crippen molar-refractivity contribution in [3.63, 3.8) is 0 Å². The number of benzene rings is 1. The van der Waals surface area contributed by atoms with Crippen molar-refractivity contribution in [2.24, 2.45) is 0 Å². The van der Waals surface area contributed by atoms with Gasteiger partial charge in [-0.25, -0.2) is 0 Å². The zero-order chi connectivity index (χ0) is 14.6. The van der Waals surface area contributed by atoms with Gasteiger partial charge >= 0.3 is 6.18 Å². The average molecular weight is 275 g/mol. The van der Waals surface area contributed by atoms with Crippen molar-refractivity contribution in [3.8, 4) is 0 Å². The number of Topliss-reactive ketones (excluding diaryl/α,β-unsaturated/α-hetero) is 1. The van der Waals surface area contributed by atoms with Crippen LogP contribution in [0.1, 0.15) is 30.4 Å². The first-order valence-electron chi connectivity index (χ1n) is 5.48. The lowest BCUT2D eigenvalue weighted by molar-refractivity contribution is -0.483. The molecule has 4 nitrogen and oxygen atoms in total. The van der Waals surface area contributed by atoms with Gasteiger partial charge in [0.15, 0.2) is 0 Å². The van der Waals surface area contributed by atoms with Gasteiger partial charge < -0.3 is 4.79 Å². The van der Waals surface area contributed by atoms with Crippen LogP contribution >= 0.6 is 0 Å². The average Bonchev–Trinajstić information content (AvgIpc) is 2.26. The first-order chi connectivity index (χ1) is 8.70. The van der Waals surface area contributed by atoms with Crippen LogP contribution in [0, 0.1) is 10.1 Å². The van der Waals surface area contributed by atoms with Crippen LogP contribution in [0.2, 0.25) is 0 Å². The molecule has 1 rings (SSSR count). The Bertz CT molecular complexity index is 469. The number of nitro groups is 1. The van der Waals surface area contributed by atoms with E-state index in [1.165, 1.54) is 19.1 Å². The molecule has 0 bridgehead atoms. The quantitative estimate of drug-likeness (QED) is 0.613. The Balaban J connectivity index is 3.08. The molecule has 0 radical (unpaired) electrons. The first kappa shape index (κ1) is 15.1. The van der Waals surface area contributed by atoms with Gasteiger partial charge in [0.2, 0.25) is 6.54 Å². The highest BCUT2D eigenvalue weighted by molar-refractivity contribution is 5.76. The first-order valence-corrected chi connectivity index (χ1v) is 5.48. The number of carbonyl (C=O) groups excluding carboxylic acids is 1. The van der Waals surface area contributed by atoms with Crippen molar-refractivity contribution in [1.29, 1.82) is 0 Å². The third-order valence-electron chi connectivity index (χ3n) is 2.59. The summed E-state index contributed by atoms with van der Waals surface area (Å²) < 4.78 is 37.7. The highest BCUT2D eigenvalue weighted by Gasteiger charge is 2.31. The fourth-order valence-corrected chi connectivity index (χ4v) is 1.78. The second-order valence-electron chi connectivity index (χ2n) is 4.24. The summed E-state index contributed by atoms with van der Waals surface area (Å²) in [7, 11) is 0. The Morgan fingerprint density at radius 1 is 1.42 bits per heavy atom. The van der Waals surface area contributed by atoms with Gasteiger partial charge in [0.25, 0.3) is 0 Å². The largest absolute Gasteiger partial charge is 0.416 e. The Morgan fingerprint density at radius 3 is 2.53 bits per heavy atom. The summed E-state index contributed by atoms with van der Waals surface area (Å²) in [6.07, 6.45) is -4.66. The number of nitrogens with zero attached hydrogens (tertiary/aromatic N) is 1. The van der Waals surface area contributed by atoms with E-state index < -0.39 is 29.1 Å². The molecule has 0 aromatic heterocycles. The van der Waals surface area contributed by atoms with E-state index in [0.717, 1.165) is 12.1 Å². The van der Waals surface area contributed by atoms with Gasteiger partial charge in [0.05, 0.1) is 11.5 Å². The molecule has 104 valence electrons. The van der Waals surface area contributed by atoms with Gasteiger partial charge in [-0.3, -0.25) is 10.1 Å². The molecule has 0 heterocycles. The molecule has 19 heavy (non-hydrogen) atoms. The van der Waals surface area contributed by atoms with Crippen LogP contribution in [0.15, 0.2) is 24.3 Å². The van der Waals surface area contributed by atoms with Crippen LogP contribution in [0.3, 0.4) is 0 Å². The monoisotopic (exact) mass is 275 g/mol. The predicted octanol–water partition coefficient (Wildman–Crippen LogP) is 3.04. The van der Waals surface area contributed by atoms with Gasteiger partial charge in [0.1, 0.15) is 5.78 Å². The molecule has 0 unspecified atom stereocenters. The summed E-state index contributed by atoms with van der Waals surface area (Å²) in [4.78, 5) is 20.9. The number of ketones is 1. The van der Waals surface area contributed by atoms with Gasteiger partial charge in [-0.2, -0.15) is 13.2 Å². The molecule has 0 saturated carbocycles. The number of carbonyl (C=O) groups is 1. The Kier molecular flexibility index (Phi) is 4.63. The van der Waals surface area contributed by atoms with Crippen LogP contribution < -0.4 is 0 Å². The highest BCUT2D eigenvalue weighted by atomic mass is 19.4. The third kappa shape index (κ3) is 4.69. The number of alkyl halides is 3. The summed E-state index contributed by atoms with van der Waals surface area (Å²) in [5.41, 5.74) is -0.719. The number of hydrogen-bond donors (Lipinski definition) is 0. The molecule has 1 atom stereocenters. The van der Waals surface area contributed by atoms with E-state index >= 15 is 0 Å². The van der Waals surface area contributed by atoms with Gasteiger partial charge in [0, 0.05) is 11.3 Å². The molecule has 0 fully saturated rings. The van der Waals surface area contributed by atoms with E-state index in [2.05, 4.69) is 0 Å². The minimum atomic E-state index is -4.51. The van der Waals surface area contributed by atoms with Gasteiger partial charge in [-0.1, -0.05) is 18.2 Å². The molecular weight excluding hydrogens is 263 g/mol. The van der Waals surface area contributed by atoms with E-state index in [9.17, 15) is 28.1 Å². The number of halogens is 3. The van der Waals surface area contributed by atoms with Crippen molar-refractivity contribution >= 4 is 5.78 Å². The molecule has 1 aromatic carbocycles. The van der Waals surface area contributed by atoms with Crippen LogP contribution in [0.5, 0.6) is 0 Å². The van der Waals surface area contributed by atoms with Crippen LogP contribution in [0.25, 0.3) is 0 Å². The third-order valence-corrected chi connectivity index (χ3v) is 2.59. The predicted molar refractivity (Wildman–Crippen MR) is 61.3 cm³/mol. The van der Waals surface area contributed by atoms with Gasteiger partial charge in [-0.15, -0.1) is 0 Å². The van der Waals surface area contributed by atoms with E-state index in [4.69, 9.17) is 0 Å². The highest BCUT2D eigenvalue weighted by Crippen LogP contribution is 2.31. The van der Waals surface area contributed by atoms with E-state index in [-0.39, 0.29) is 17.8 Å². The zero-order valence-corrected chi connectivity index (χ0v) is 10.1. The Labute approximate surface area is 107 Å². The maximum Gasteiger partial charge on any atom is 0.416 e. The maximum atomic E-state index is 12.6. The van der Waals surface area contributed by atoms with Crippen LogP contribution in [-0.2, 0) is 11.0 Å². The van der Waals surface area contributed by atoms with Crippen molar-refractivity contribution < 1.29 is 22.9 Å². The van der Waals surface area contributed by atoms with Crippen molar-refractivity contribution in [1.82, 2.24) is 0 Å². The standard InChI is InChI=1S/C12H12F3NO3/c1-8(17)5-10(7-16(18)19)9-3-2-4-11(6-9)12(13,14)15/h2-4,6,10H,5,7H2,1H3/t10-/m1/s1. The molecule has 0 N–H and O–H groups in total. The second-order valence-corrected chi connectivity index (χ2v) is 4.24. The molecule has 0 saturated heterocycles. The minimum Gasteiger partial charge on any atom is -0.300 e. The summed E-state index contributed by atoms with van der Waals surface area (Å²) in [5, 5.41) is 10.5. The fourth-order valence-electron chi connectivity index (χ4n) is 1.78. The second kappa shape index (κ2) is 5.81. The van der Waals surface area contributed by atoms with Crippen LogP contribution in [0.4, 0.5) is 13.2 Å². The SMILES string of the molecule is CC(=O)C[C@H](C[N+](=O)[O-])c1cccc(C(F)(F)F)c1. The van der Waals surface area contributed by atoms with E-state index in [0.29, 0.717) is 0 Å². The lowest BCUT2D eigenvalue weighted by atomic mass is 9.93. The minimum absolute atomic E-state index is 0.151. The molecule has 7 heteroatoms. The molecule has 0 spiro atoms. The zero-order valence-electron chi connectivity index (χ0n) is 10.1. The lowest BCUT2D eigenvalue weighted by Gasteiger charge is -2.14. The normalized spacial score (nSPS) is 13.1. The van der Waals surface area contributed by atoms with E-state index in [1.807, 2.05) is 0 Å². The summed E-state index contributed by atoms with van der Waals surface area (Å²) in [6.45, 7) is 0.682. The smallest absolute Gasteiger partial charge is 0.300 e. The number of rotatable bonds is 5. The molecule has 0 amide bonds. The van der Waals surface area contributed by atoms with Crippen molar-refractivity contribution in [2.75, 3.05) is 6.54 Å².